The quantitative estimate of drug-likeness (QED) is 0.168. The average molecular weight is 791 g/mol. The lowest BCUT2D eigenvalue weighted by atomic mass is 9.64. The zero-order chi connectivity index (χ0) is 41.0. The van der Waals surface area contributed by atoms with Crippen molar-refractivity contribution in [1.29, 1.82) is 0 Å². The molecule has 10 aromatic rings. The summed E-state index contributed by atoms with van der Waals surface area (Å²) in [6.07, 6.45) is 0. The molecule has 0 bridgehead atoms. The summed E-state index contributed by atoms with van der Waals surface area (Å²) in [5.41, 5.74) is 18.0. The Bertz CT molecular complexity index is 3240. The van der Waals surface area contributed by atoms with Crippen LogP contribution in [0.3, 0.4) is 0 Å². The molecule has 4 nitrogen and oxygen atoms in total. The van der Waals surface area contributed by atoms with Gasteiger partial charge in [0, 0.05) is 22.4 Å². The Morgan fingerprint density at radius 3 is 1.35 bits per heavy atom. The van der Waals surface area contributed by atoms with Crippen LogP contribution >= 0.6 is 0 Å². The van der Waals surface area contributed by atoms with Crippen LogP contribution < -0.4 is 4.90 Å². The number of fused-ring (bicyclic) bond motifs is 9. The molecule has 9 aromatic carbocycles. The van der Waals surface area contributed by atoms with E-state index in [1.807, 2.05) is 36.4 Å². The maximum Gasteiger partial charge on any atom is 0.164 e. The number of nitrogens with zero attached hydrogens (tertiary/aromatic N) is 4. The fraction of sp³-hybridized carbons (Fsp3) is 0.0172. The summed E-state index contributed by atoms with van der Waals surface area (Å²) in [5.74, 6) is 1.90. The highest BCUT2D eigenvalue weighted by Gasteiger charge is 2.51. The molecule has 0 N–H and O–H groups in total. The van der Waals surface area contributed by atoms with Gasteiger partial charge in [0.1, 0.15) is 0 Å². The van der Waals surface area contributed by atoms with Crippen molar-refractivity contribution in [2.24, 2.45) is 0 Å². The van der Waals surface area contributed by atoms with E-state index in [0.717, 1.165) is 44.6 Å². The van der Waals surface area contributed by atoms with E-state index in [-0.39, 0.29) is 0 Å². The third-order valence-electron chi connectivity index (χ3n) is 12.5. The molecule has 0 saturated heterocycles. The first kappa shape index (κ1) is 35.7. The standard InChI is InChI=1S/C58H38N4/c1-4-17-39(18-5-1)43-21-16-22-45(37-43)57-60-55(41-19-6-2-7-20-41)59-56(61-57)42-33-31-40(32-34-42)44-35-36-54-52(38-44)58(49-27-12-10-25-47(49)48-26-11-13-28-50(48)58)51-29-14-15-30-53(51)62(54)46-23-8-3-9-24-46/h1-38H. The van der Waals surface area contributed by atoms with Crippen LogP contribution in [0.15, 0.2) is 231 Å². The van der Waals surface area contributed by atoms with E-state index < -0.39 is 5.41 Å². The largest absolute Gasteiger partial charge is 0.310 e. The molecule has 1 aromatic heterocycles. The summed E-state index contributed by atoms with van der Waals surface area (Å²) in [4.78, 5) is 17.6. The van der Waals surface area contributed by atoms with Crippen molar-refractivity contribution in [3.63, 3.8) is 0 Å². The van der Waals surface area contributed by atoms with Crippen molar-refractivity contribution < 1.29 is 0 Å². The number of anilines is 3. The smallest absolute Gasteiger partial charge is 0.164 e. The minimum atomic E-state index is -0.521. The molecule has 1 aliphatic carbocycles. The van der Waals surface area contributed by atoms with Gasteiger partial charge in [0.15, 0.2) is 17.5 Å². The second kappa shape index (κ2) is 14.5. The van der Waals surface area contributed by atoms with Crippen LogP contribution in [0.2, 0.25) is 0 Å². The van der Waals surface area contributed by atoms with E-state index in [1.165, 1.54) is 44.8 Å². The number of aromatic nitrogens is 3. The second-order valence-corrected chi connectivity index (χ2v) is 16.0. The van der Waals surface area contributed by atoms with Crippen molar-refractivity contribution >= 4 is 17.1 Å². The molecule has 62 heavy (non-hydrogen) atoms. The molecule has 1 spiro atoms. The predicted octanol–water partition coefficient (Wildman–Crippen LogP) is 14.4. The number of hydrogen-bond donors (Lipinski definition) is 0. The highest BCUT2D eigenvalue weighted by Crippen LogP contribution is 2.63. The fourth-order valence-electron chi connectivity index (χ4n) is 9.77. The van der Waals surface area contributed by atoms with Gasteiger partial charge in [-0.15, -0.1) is 0 Å². The number of rotatable bonds is 6. The summed E-state index contributed by atoms with van der Waals surface area (Å²) < 4.78 is 0. The van der Waals surface area contributed by atoms with Gasteiger partial charge in [-0.2, -0.15) is 0 Å². The molecule has 0 radical (unpaired) electrons. The molecule has 0 unspecified atom stereocenters. The van der Waals surface area contributed by atoms with Crippen LogP contribution in [0.5, 0.6) is 0 Å². The first-order valence-electron chi connectivity index (χ1n) is 21.1. The molecular weight excluding hydrogens is 753 g/mol. The molecule has 0 amide bonds. The van der Waals surface area contributed by atoms with Crippen LogP contribution in [0.4, 0.5) is 17.1 Å². The van der Waals surface area contributed by atoms with Gasteiger partial charge in [-0.3, -0.25) is 0 Å². The number of para-hydroxylation sites is 2. The van der Waals surface area contributed by atoms with Gasteiger partial charge in [-0.25, -0.2) is 15.0 Å². The Labute approximate surface area is 361 Å². The molecule has 1 aliphatic heterocycles. The molecule has 0 atom stereocenters. The van der Waals surface area contributed by atoms with Gasteiger partial charge in [0.05, 0.1) is 16.8 Å². The normalized spacial score (nSPS) is 12.9. The Hall–Kier alpha value is -8.21. The summed E-state index contributed by atoms with van der Waals surface area (Å²) >= 11 is 0. The van der Waals surface area contributed by atoms with Gasteiger partial charge >= 0.3 is 0 Å². The van der Waals surface area contributed by atoms with E-state index in [2.05, 4.69) is 199 Å². The lowest BCUT2D eigenvalue weighted by molar-refractivity contribution is 0.753. The van der Waals surface area contributed by atoms with Crippen molar-refractivity contribution in [2.75, 3.05) is 4.90 Å². The van der Waals surface area contributed by atoms with Gasteiger partial charge < -0.3 is 4.90 Å². The first-order valence-corrected chi connectivity index (χ1v) is 21.1. The van der Waals surface area contributed by atoms with Gasteiger partial charge in [0.2, 0.25) is 0 Å². The topological polar surface area (TPSA) is 41.9 Å². The van der Waals surface area contributed by atoms with E-state index in [9.17, 15) is 0 Å². The molecule has 4 heteroatoms. The van der Waals surface area contributed by atoms with Crippen molar-refractivity contribution in [1.82, 2.24) is 15.0 Å². The summed E-state index contributed by atoms with van der Waals surface area (Å²) in [6, 6.07) is 82.4. The van der Waals surface area contributed by atoms with Crippen LogP contribution in [0.1, 0.15) is 22.3 Å². The summed E-state index contributed by atoms with van der Waals surface area (Å²) in [6.45, 7) is 0. The third kappa shape index (κ3) is 5.65. The fourth-order valence-corrected chi connectivity index (χ4v) is 9.77. The zero-order valence-electron chi connectivity index (χ0n) is 33.7. The highest BCUT2D eigenvalue weighted by molar-refractivity contribution is 5.96. The zero-order valence-corrected chi connectivity index (χ0v) is 33.7. The first-order chi connectivity index (χ1) is 30.7. The molecule has 0 saturated carbocycles. The Morgan fingerprint density at radius 1 is 0.274 bits per heavy atom. The minimum absolute atomic E-state index is 0.521. The lowest BCUT2D eigenvalue weighted by Crippen LogP contribution is -2.36. The van der Waals surface area contributed by atoms with Crippen LogP contribution in [-0.2, 0) is 5.41 Å². The molecule has 2 heterocycles. The molecule has 2 aliphatic rings. The SMILES string of the molecule is c1ccc(-c2cccc(-c3nc(-c4ccccc4)nc(-c4ccc(-c5ccc6c(c5)C5(c7ccccc7-c7ccccc75)c5ccccc5N6c5ccccc5)cc4)n3)c2)cc1. The Kier molecular flexibility index (Phi) is 8.36. The van der Waals surface area contributed by atoms with Crippen molar-refractivity contribution in [3.05, 3.63) is 253 Å². The molecule has 0 fully saturated rings. The second-order valence-electron chi connectivity index (χ2n) is 16.0. The van der Waals surface area contributed by atoms with Crippen LogP contribution in [0, 0.1) is 0 Å². The van der Waals surface area contributed by atoms with Gasteiger partial charge in [-0.05, 0) is 92.0 Å². The van der Waals surface area contributed by atoms with Gasteiger partial charge in [-0.1, -0.05) is 194 Å². The van der Waals surface area contributed by atoms with E-state index >= 15 is 0 Å². The summed E-state index contributed by atoms with van der Waals surface area (Å²) in [7, 11) is 0. The van der Waals surface area contributed by atoms with Crippen molar-refractivity contribution in [2.45, 2.75) is 5.41 Å². The van der Waals surface area contributed by atoms with Crippen LogP contribution in [0.25, 0.3) is 67.5 Å². The lowest BCUT2D eigenvalue weighted by Gasteiger charge is -2.45. The average Bonchev–Trinajstić information content (AvgIpc) is 3.65. The number of benzene rings is 9. The third-order valence-corrected chi connectivity index (χ3v) is 12.5. The Balaban J connectivity index is 1.01. The maximum atomic E-state index is 5.12. The van der Waals surface area contributed by atoms with Gasteiger partial charge in [0.25, 0.3) is 0 Å². The van der Waals surface area contributed by atoms with E-state index in [1.54, 1.807) is 0 Å². The molecular formula is C58H38N4. The minimum Gasteiger partial charge on any atom is -0.310 e. The highest BCUT2D eigenvalue weighted by atomic mass is 15.2. The van der Waals surface area contributed by atoms with Crippen molar-refractivity contribution in [3.8, 4) is 67.5 Å². The monoisotopic (exact) mass is 790 g/mol. The molecule has 12 rings (SSSR count). The predicted molar refractivity (Wildman–Crippen MR) is 253 cm³/mol. The summed E-state index contributed by atoms with van der Waals surface area (Å²) in [5, 5.41) is 0. The molecule has 290 valence electrons. The van der Waals surface area contributed by atoms with Crippen LogP contribution in [-0.4, -0.2) is 15.0 Å². The number of hydrogen-bond acceptors (Lipinski definition) is 4. The maximum absolute atomic E-state index is 5.12. The Morgan fingerprint density at radius 2 is 0.694 bits per heavy atom. The van der Waals surface area contributed by atoms with E-state index in [4.69, 9.17) is 15.0 Å². The van der Waals surface area contributed by atoms with E-state index in [0.29, 0.717) is 17.5 Å².